The molecular weight excluding hydrogens is 381 g/mol. The molecule has 0 saturated heterocycles. The molecule has 0 bridgehead atoms. The van der Waals surface area contributed by atoms with Crippen LogP contribution in [0.2, 0.25) is 0 Å². The van der Waals surface area contributed by atoms with Gasteiger partial charge in [0.25, 0.3) is 0 Å². The van der Waals surface area contributed by atoms with Gasteiger partial charge in [-0.25, -0.2) is 19.2 Å². The molecule has 3 heterocycles. The van der Waals surface area contributed by atoms with E-state index in [0.717, 1.165) is 0 Å². The highest BCUT2D eigenvalue weighted by Crippen LogP contribution is 2.13. The first-order valence-corrected chi connectivity index (χ1v) is 8.76. The second kappa shape index (κ2) is 7.54. The maximum atomic E-state index is 13.2. The first-order chi connectivity index (χ1) is 14.0. The minimum atomic E-state index is -0.387. The van der Waals surface area contributed by atoms with Crippen LogP contribution in [0.5, 0.6) is 0 Å². The number of nitrogens with zero attached hydrogens (tertiary/aromatic N) is 2. The zero-order valence-electron chi connectivity index (χ0n) is 15.0. The number of hydrogen-bond donors (Lipinski definition) is 5. The lowest BCUT2D eigenvalue weighted by molar-refractivity contribution is -0.124. The van der Waals surface area contributed by atoms with Gasteiger partial charge < -0.3 is 20.6 Å². The van der Waals surface area contributed by atoms with Crippen molar-refractivity contribution in [2.24, 2.45) is 0 Å². The van der Waals surface area contributed by atoms with Crippen molar-refractivity contribution in [2.75, 3.05) is 5.32 Å². The number of amides is 2. The Balaban J connectivity index is 1.26. The summed E-state index contributed by atoms with van der Waals surface area (Å²) in [4.78, 5) is 51.5. The standard InChI is InChI=1S/C18H16FN7O3/c19-9-1-2-10-12(7-9)22-14(21-10)8-20-15(27)5-6-16(28)24-13-4-3-11-17(25-13)26-18(29)23-11/h1-4,7H,5-6,8H2,(H,20,27)(H,21,22)(H3,23,24,25,26,28,29). The predicted octanol–water partition coefficient (Wildman–Crippen LogP) is 1.30. The minimum Gasteiger partial charge on any atom is -0.349 e. The lowest BCUT2D eigenvalue weighted by Crippen LogP contribution is -2.25. The van der Waals surface area contributed by atoms with E-state index in [4.69, 9.17) is 0 Å². The first kappa shape index (κ1) is 18.3. The summed E-state index contributed by atoms with van der Waals surface area (Å²) in [5.74, 6) is -0.331. The van der Waals surface area contributed by atoms with Crippen molar-refractivity contribution < 1.29 is 14.0 Å². The van der Waals surface area contributed by atoms with Crippen molar-refractivity contribution in [1.82, 2.24) is 30.2 Å². The molecular formula is C18H16FN7O3. The van der Waals surface area contributed by atoms with Crippen LogP contribution in [0.3, 0.4) is 0 Å². The Labute approximate surface area is 162 Å². The van der Waals surface area contributed by atoms with Crippen LogP contribution in [-0.4, -0.2) is 36.7 Å². The summed E-state index contributed by atoms with van der Waals surface area (Å²) in [5.41, 5.74) is 1.62. The molecule has 4 aromatic rings. The van der Waals surface area contributed by atoms with Gasteiger partial charge >= 0.3 is 5.69 Å². The highest BCUT2D eigenvalue weighted by atomic mass is 19.1. The van der Waals surface area contributed by atoms with Crippen molar-refractivity contribution in [3.05, 3.63) is 52.5 Å². The Morgan fingerprint density at radius 1 is 0.966 bits per heavy atom. The van der Waals surface area contributed by atoms with Crippen LogP contribution in [0, 0.1) is 5.82 Å². The molecule has 2 amide bonds. The van der Waals surface area contributed by atoms with Gasteiger partial charge in [0.05, 0.1) is 23.1 Å². The number of halogens is 1. The number of anilines is 1. The average molecular weight is 397 g/mol. The third-order valence-corrected chi connectivity index (χ3v) is 4.17. The van der Waals surface area contributed by atoms with Gasteiger partial charge in [0.15, 0.2) is 5.65 Å². The van der Waals surface area contributed by atoms with Gasteiger partial charge in [-0.05, 0) is 30.3 Å². The summed E-state index contributed by atoms with van der Waals surface area (Å²) >= 11 is 0. The number of pyridine rings is 1. The topological polar surface area (TPSA) is 148 Å². The summed E-state index contributed by atoms with van der Waals surface area (Å²) in [5, 5.41) is 5.23. The van der Waals surface area contributed by atoms with E-state index in [1.165, 1.54) is 12.1 Å². The van der Waals surface area contributed by atoms with Crippen LogP contribution in [0.4, 0.5) is 10.2 Å². The molecule has 1 aromatic carbocycles. The van der Waals surface area contributed by atoms with E-state index in [2.05, 4.69) is 35.6 Å². The van der Waals surface area contributed by atoms with Gasteiger partial charge in [-0.1, -0.05) is 0 Å². The smallest absolute Gasteiger partial charge is 0.325 e. The second-order valence-electron chi connectivity index (χ2n) is 6.34. The number of carbonyl (C=O) groups is 2. The largest absolute Gasteiger partial charge is 0.349 e. The summed E-state index contributed by atoms with van der Waals surface area (Å²) in [6, 6.07) is 7.35. The average Bonchev–Trinajstić information content (AvgIpc) is 3.25. The van der Waals surface area contributed by atoms with Crippen molar-refractivity contribution >= 4 is 39.8 Å². The van der Waals surface area contributed by atoms with Crippen molar-refractivity contribution in [3.63, 3.8) is 0 Å². The fraction of sp³-hybridized carbons (Fsp3) is 0.167. The first-order valence-electron chi connectivity index (χ1n) is 8.76. The van der Waals surface area contributed by atoms with Crippen LogP contribution in [0.25, 0.3) is 22.2 Å². The monoisotopic (exact) mass is 397 g/mol. The molecule has 4 rings (SSSR count). The van der Waals surface area contributed by atoms with Crippen LogP contribution in [0.1, 0.15) is 18.7 Å². The normalized spacial score (nSPS) is 11.1. The van der Waals surface area contributed by atoms with Gasteiger partial charge in [0.1, 0.15) is 17.5 Å². The van der Waals surface area contributed by atoms with Crippen LogP contribution >= 0.6 is 0 Å². The van der Waals surface area contributed by atoms with Gasteiger partial charge in [-0.3, -0.25) is 14.6 Å². The molecule has 0 radical (unpaired) electrons. The fourth-order valence-electron chi connectivity index (χ4n) is 2.81. The number of carbonyl (C=O) groups excluding carboxylic acids is 2. The molecule has 148 valence electrons. The molecule has 0 spiro atoms. The summed E-state index contributed by atoms with van der Waals surface area (Å²) < 4.78 is 13.2. The van der Waals surface area contributed by atoms with Crippen LogP contribution < -0.4 is 16.3 Å². The van der Waals surface area contributed by atoms with Crippen LogP contribution in [-0.2, 0) is 16.1 Å². The molecule has 29 heavy (non-hydrogen) atoms. The van der Waals surface area contributed by atoms with E-state index in [-0.39, 0.29) is 48.5 Å². The van der Waals surface area contributed by atoms with Crippen LogP contribution in [0.15, 0.2) is 35.1 Å². The molecule has 0 aliphatic rings. The highest BCUT2D eigenvalue weighted by molar-refractivity contribution is 5.93. The second-order valence-corrected chi connectivity index (χ2v) is 6.34. The van der Waals surface area contributed by atoms with E-state index in [1.54, 1.807) is 18.2 Å². The maximum absolute atomic E-state index is 13.2. The van der Waals surface area contributed by atoms with Crippen molar-refractivity contribution in [2.45, 2.75) is 19.4 Å². The number of rotatable bonds is 6. The quantitative estimate of drug-likeness (QED) is 0.333. The third kappa shape index (κ3) is 4.29. The number of aromatic amines is 3. The number of fused-ring (bicyclic) bond motifs is 2. The lowest BCUT2D eigenvalue weighted by atomic mass is 10.2. The Hall–Kier alpha value is -4.02. The molecule has 5 N–H and O–H groups in total. The number of imidazole rings is 2. The predicted molar refractivity (Wildman–Crippen MR) is 102 cm³/mol. The number of aromatic nitrogens is 5. The van der Waals surface area contributed by atoms with E-state index in [0.29, 0.717) is 28.0 Å². The Morgan fingerprint density at radius 3 is 2.66 bits per heavy atom. The van der Waals surface area contributed by atoms with Gasteiger partial charge in [0, 0.05) is 12.8 Å². The SMILES string of the molecule is O=C(CCC(=O)Nc1ccc2[nH]c(=O)[nH]c2n1)NCc1nc2ccc(F)cc2[nH]1. The van der Waals surface area contributed by atoms with E-state index < -0.39 is 0 Å². The number of hydrogen-bond acceptors (Lipinski definition) is 5. The van der Waals surface area contributed by atoms with Crippen molar-refractivity contribution in [1.29, 1.82) is 0 Å². The van der Waals surface area contributed by atoms with E-state index in [9.17, 15) is 18.8 Å². The summed E-state index contributed by atoms with van der Waals surface area (Å²) in [7, 11) is 0. The number of H-pyrrole nitrogens is 3. The van der Waals surface area contributed by atoms with Gasteiger partial charge in [0.2, 0.25) is 11.8 Å². The van der Waals surface area contributed by atoms with Gasteiger partial charge in [-0.15, -0.1) is 0 Å². The highest BCUT2D eigenvalue weighted by Gasteiger charge is 2.10. The molecule has 0 aliphatic carbocycles. The molecule has 11 heteroatoms. The Morgan fingerprint density at radius 2 is 1.79 bits per heavy atom. The number of nitrogens with one attached hydrogen (secondary N) is 5. The summed E-state index contributed by atoms with van der Waals surface area (Å²) in [6.45, 7) is 0.135. The third-order valence-electron chi connectivity index (χ3n) is 4.17. The van der Waals surface area contributed by atoms with E-state index in [1.807, 2.05) is 0 Å². The van der Waals surface area contributed by atoms with Gasteiger partial charge in [-0.2, -0.15) is 0 Å². The van der Waals surface area contributed by atoms with Crippen molar-refractivity contribution in [3.8, 4) is 0 Å². The van der Waals surface area contributed by atoms with E-state index >= 15 is 0 Å². The molecule has 0 saturated carbocycles. The summed E-state index contributed by atoms with van der Waals surface area (Å²) in [6.07, 6.45) is -0.0650. The molecule has 0 aliphatic heterocycles. The molecule has 10 nitrogen and oxygen atoms in total. The minimum absolute atomic E-state index is 0.0239. The molecule has 3 aromatic heterocycles. The zero-order valence-corrected chi connectivity index (χ0v) is 15.0. The Bertz CT molecular complexity index is 1270. The fourth-order valence-corrected chi connectivity index (χ4v) is 2.81. The Kier molecular flexibility index (Phi) is 4.77. The molecule has 0 unspecified atom stereocenters. The lowest BCUT2D eigenvalue weighted by Gasteiger charge is -2.05. The molecule has 0 fully saturated rings. The number of benzene rings is 1. The molecule has 0 atom stereocenters. The maximum Gasteiger partial charge on any atom is 0.325 e. The zero-order chi connectivity index (χ0) is 20.4.